The van der Waals surface area contributed by atoms with E-state index in [2.05, 4.69) is 15.3 Å². The van der Waals surface area contributed by atoms with Gasteiger partial charge in [-0.2, -0.15) is 11.8 Å². The minimum atomic E-state index is -0.127. The summed E-state index contributed by atoms with van der Waals surface area (Å²) in [5.41, 5.74) is 2.27. The monoisotopic (exact) mass is 369 g/mol. The van der Waals surface area contributed by atoms with E-state index in [0.29, 0.717) is 10.9 Å². The van der Waals surface area contributed by atoms with Crippen LogP contribution >= 0.6 is 23.5 Å². The van der Waals surface area contributed by atoms with Crippen LogP contribution in [0.2, 0.25) is 0 Å². The normalized spacial score (nSPS) is 13.0. The number of aromatic amines is 1. The van der Waals surface area contributed by atoms with Crippen LogP contribution in [-0.4, -0.2) is 21.6 Å². The first-order chi connectivity index (χ1) is 12.2. The van der Waals surface area contributed by atoms with E-state index in [1.54, 1.807) is 11.8 Å². The van der Waals surface area contributed by atoms with E-state index in [4.69, 9.17) is 0 Å². The van der Waals surface area contributed by atoms with Gasteiger partial charge in [0.15, 0.2) is 5.16 Å². The predicted molar refractivity (Wildman–Crippen MR) is 103 cm³/mol. The Morgan fingerprint density at radius 3 is 2.92 bits per heavy atom. The fraction of sp³-hybridized carbons (Fsp3) is 0.167. The molecule has 0 saturated carbocycles. The van der Waals surface area contributed by atoms with Crippen molar-refractivity contribution in [2.24, 2.45) is 0 Å². The Hall–Kier alpha value is -2.25. The number of carbonyl (C=O) groups is 1. The molecule has 25 heavy (non-hydrogen) atoms. The first-order valence-corrected chi connectivity index (χ1v) is 9.94. The van der Waals surface area contributed by atoms with Gasteiger partial charge in [0.2, 0.25) is 5.91 Å². The summed E-state index contributed by atoms with van der Waals surface area (Å²) in [6, 6.07) is 13.8. The molecule has 1 aromatic heterocycles. The largest absolute Gasteiger partial charge is 0.325 e. The molecule has 0 saturated heterocycles. The molecule has 1 aliphatic rings. The van der Waals surface area contributed by atoms with Crippen molar-refractivity contribution in [2.75, 3.05) is 11.1 Å². The lowest BCUT2D eigenvalue weighted by atomic mass is 10.1. The molecule has 0 aliphatic carbocycles. The number of anilines is 1. The minimum Gasteiger partial charge on any atom is -0.325 e. The number of nitrogens with one attached hydrogen (secondary N) is 2. The third-order valence-electron chi connectivity index (χ3n) is 3.94. The Labute approximate surface area is 152 Å². The van der Waals surface area contributed by atoms with Crippen molar-refractivity contribution in [3.63, 3.8) is 0 Å². The van der Waals surface area contributed by atoms with Crippen molar-refractivity contribution in [2.45, 2.75) is 16.7 Å². The second kappa shape index (κ2) is 6.93. The average Bonchev–Trinajstić information content (AvgIpc) is 3.09. The fourth-order valence-electron chi connectivity index (χ4n) is 2.71. The number of carbonyl (C=O) groups excluding carboxylic acids is 1. The number of thioether (sulfide) groups is 2. The van der Waals surface area contributed by atoms with Gasteiger partial charge in [-0.25, -0.2) is 4.98 Å². The van der Waals surface area contributed by atoms with E-state index in [9.17, 15) is 9.59 Å². The lowest BCUT2D eigenvalue weighted by Gasteiger charge is -2.07. The molecule has 2 aromatic carbocycles. The highest BCUT2D eigenvalue weighted by Crippen LogP contribution is 2.26. The maximum Gasteiger partial charge on any atom is 0.255 e. The van der Waals surface area contributed by atoms with Crippen LogP contribution in [0.15, 0.2) is 52.4 Å². The first kappa shape index (κ1) is 16.2. The number of aromatic nitrogens is 2. The highest BCUT2D eigenvalue weighted by atomic mass is 32.2. The molecule has 0 radical (unpaired) electrons. The van der Waals surface area contributed by atoms with Gasteiger partial charge < -0.3 is 10.3 Å². The van der Waals surface area contributed by atoms with Gasteiger partial charge in [-0.3, -0.25) is 9.59 Å². The first-order valence-electron chi connectivity index (χ1n) is 7.80. The molecular weight excluding hydrogens is 354 g/mol. The van der Waals surface area contributed by atoms with Crippen LogP contribution in [0.25, 0.3) is 10.8 Å². The van der Waals surface area contributed by atoms with Crippen molar-refractivity contribution in [1.82, 2.24) is 9.97 Å². The molecule has 1 aliphatic heterocycles. The minimum absolute atomic E-state index is 0.0903. The summed E-state index contributed by atoms with van der Waals surface area (Å²) in [7, 11) is 0. The van der Waals surface area contributed by atoms with Crippen LogP contribution in [0.3, 0.4) is 0 Å². The molecular formula is C18H15N3O2S2. The molecule has 126 valence electrons. The van der Waals surface area contributed by atoms with E-state index in [-0.39, 0.29) is 17.2 Å². The highest BCUT2D eigenvalue weighted by molar-refractivity contribution is 7.99. The molecule has 4 rings (SSSR count). The molecule has 2 N–H and O–H groups in total. The molecule has 0 spiro atoms. The summed E-state index contributed by atoms with van der Waals surface area (Å²) in [4.78, 5) is 31.3. The van der Waals surface area contributed by atoms with Crippen molar-refractivity contribution in [3.8, 4) is 0 Å². The third-order valence-corrected chi connectivity index (χ3v) is 5.78. The number of H-pyrrole nitrogens is 1. The van der Waals surface area contributed by atoms with Crippen LogP contribution in [-0.2, 0) is 16.3 Å². The topological polar surface area (TPSA) is 74.8 Å². The van der Waals surface area contributed by atoms with Crippen LogP contribution in [0, 0.1) is 0 Å². The number of fused-ring (bicyclic) bond motifs is 2. The van der Waals surface area contributed by atoms with Crippen LogP contribution in [0.5, 0.6) is 0 Å². The second-order valence-corrected chi connectivity index (χ2v) is 7.64. The lowest BCUT2D eigenvalue weighted by Crippen LogP contribution is -2.17. The van der Waals surface area contributed by atoms with E-state index in [1.807, 2.05) is 42.5 Å². The van der Waals surface area contributed by atoms with E-state index >= 15 is 0 Å². The van der Waals surface area contributed by atoms with Crippen molar-refractivity contribution >= 4 is 45.9 Å². The second-order valence-electron chi connectivity index (χ2n) is 5.69. The van der Waals surface area contributed by atoms with Crippen LogP contribution in [0.4, 0.5) is 5.69 Å². The van der Waals surface area contributed by atoms with E-state index < -0.39 is 0 Å². The number of hydrogen-bond acceptors (Lipinski definition) is 5. The fourth-order valence-corrected chi connectivity index (χ4v) is 4.42. The molecule has 2 heterocycles. The van der Waals surface area contributed by atoms with Gasteiger partial charge in [-0.1, -0.05) is 42.1 Å². The lowest BCUT2D eigenvalue weighted by molar-refractivity contribution is -0.113. The van der Waals surface area contributed by atoms with Gasteiger partial charge >= 0.3 is 0 Å². The standard InChI is InChI=1S/C18H15N3O2S2/c22-16(19-13-6-5-11-3-1-2-4-12(11)7-13)10-25-18-20-15-9-24-8-14(15)17(23)21-18/h1-7H,8-10H2,(H,19,22)(H,20,21,23). The highest BCUT2D eigenvalue weighted by Gasteiger charge is 2.18. The number of rotatable bonds is 4. The Kier molecular flexibility index (Phi) is 4.50. The van der Waals surface area contributed by atoms with Crippen molar-refractivity contribution in [3.05, 3.63) is 64.1 Å². The summed E-state index contributed by atoms with van der Waals surface area (Å²) < 4.78 is 0. The molecule has 0 bridgehead atoms. The summed E-state index contributed by atoms with van der Waals surface area (Å²) in [6.45, 7) is 0. The summed E-state index contributed by atoms with van der Waals surface area (Å²) in [5.74, 6) is 1.54. The molecule has 7 heteroatoms. The predicted octanol–water partition coefficient (Wildman–Crippen LogP) is 3.40. The quantitative estimate of drug-likeness (QED) is 0.545. The smallest absolute Gasteiger partial charge is 0.255 e. The molecule has 1 amide bonds. The molecule has 0 atom stereocenters. The number of hydrogen-bond donors (Lipinski definition) is 2. The van der Waals surface area contributed by atoms with Gasteiger partial charge in [0.1, 0.15) is 0 Å². The number of amides is 1. The zero-order valence-corrected chi connectivity index (χ0v) is 14.9. The van der Waals surface area contributed by atoms with E-state index in [1.165, 1.54) is 11.8 Å². The van der Waals surface area contributed by atoms with Crippen molar-refractivity contribution in [1.29, 1.82) is 0 Å². The molecule has 3 aromatic rings. The molecule has 0 unspecified atom stereocenters. The summed E-state index contributed by atoms with van der Waals surface area (Å²) in [6.07, 6.45) is 0. The molecule has 0 fully saturated rings. The van der Waals surface area contributed by atoms with Gasteiger partial charge in [0.25, 0.3) is 5.56 Å². The van der Waals surface area contributed by atoms with Gasteiger partial charge in [-0.05, 0) is 22.9 Å². The maximum absolute atomic E-state index is 12.2. The van der Waals surface area contributed by atoms with Crippen LogP contribution in [0.1, 0.15) is 11.3 Å². The van der Waals surface area contributed by atoms with Gasteiger partial charge in [0, 0.05) is 22.8 Å². The van der Waals surface area contributed by atoms with Crippen LogP contribution < -0.4 is 10.9 Å². The summed E-state index contributed by atoms with van der Waals surface area (Å²) >= 11 is 2.93. The Morgan fingerprint density at radius 2 is 2.04 bits per heavy atom. The van der Waals surface area contributed by atoms with E-state index in [0.717, 1.165) is 33.5 Å². The average molecular weight is 369 g/mol. The Morgan fingerprint density at radius 1 is 1.20 bits per heavy atom. The maximum atomic E-state index is 12.2. The summed E-state index contributed by atoms with van der Waals surface area (Å²) in [5, 5.41) is 5.60. The Bertz CT molecular complexity index is 1020. The number of nitrogens with zero attached hydrogens (tertiary/aromatic N) is 1. The number of benzene rings is 2. The molecule has 5 nitrogen and oxygen atoms in total. The van der Waals surface area contributed by atoms with Gasteiger partial charge in [0.05, 0.1) is 11.4 Å². The van der Waals surface area contributed by atoms with Crippen molar-refractivity contribution < 1.29 is 4.79 Å². The SMILES string of the molecule is O=C(CSc1nc2c(c(=O)[nH]1)CSC2)Nc1ccc2ccccc2c1. The van der Waals surface area contributed by atoms with Gasteiger partial charge in [-0.15, -0.1) is 0 Å². The Balaban J connectivity index is 1.42. The zero-order valence-electron chi connectivity index (χ0n) is 13.2. The third kappa shape index (κ3) is 3.57. The zero-order chi connectivity index (χ0) is 17.2.